The van der Waals surface area contributed by atoms with Gasteiger partial charge in [-0.15, -0.1) is 0 Å². The van der Waals surface area contributed by atoms with Gasteiger partial charge in [0.15, 0.2) is 0 Å². The molecule has 1 aliphatic rings. The lowest BCUT2D eigenvalue weighted by molar-refractivity contribution is -0.137. The van der Waals surface area contributed by atoms with Crippen LogP contribution in [-0.2, 0) is 4.79 Å². The van der Waals surface area contributed by atoms with Crippen LogP contribution in [0.1, 0.15) is 56.1 Å². The fourth-order valence-corrected chi connectivity index (χ4v) is 2.79. The second-order valence-corrected chi connectivity index (χ2v) is 5.91. The van der Waals surface area contributed by atoms with Crippen LogP contribution >= 0.6 is 11.6 Å². The third-order valence-electron chi connectivity index (χ3n) is 3.66. The van der Waals surface area contributed by atoms with E-state index in [2.05, 4.69) is 13.8 Å². The summed E-state index contributed by atoms with van der Waals surface area (Å²) in [5.41, 5.74) is 2.37. The molecule has 0 amide bonds. The van der Waals surface area contributed by atoms with Crippen molar-refractivity contribution >= 4 is 17.6 Å². The van der Waals surface area contributed by atoms with E-state index in [1.807, 2.05) is 18.2 Å². The maximum atomic E-state index is 11.0. The highest BCUT2D eigenvalue weighted by Gasteiger charge is 2.35. The molecular formula is C15H19ClO2. The number of carbonyl (C=O) groups is 1. The number of hydrogen-bond donors (Lipinski definition) is 1. The number of hydrogen-bond acceptors (Lipinski definition) is 1. The van der Waals surface area contributed by atoms with Gasteiger partial charge in [0.1, 0.15) is 0 Å². The second-order valence-electron chi connectivity index (χ2n) is 5.47. The van der Waals surface area contributed by atoms with Gasteiger partial charge < -0.3 is 5.11 Å². The smallest absolute Gasteiger partial charge is 0.303 e. The fourth-order valence-electron chi connectivity index (χ4n) is 2.61. The van der Waals surface area contributed by atoms with Crippen LogP contribution in [0.25, 0.3) is 0 Å². The van der Waals surface area contributed by atoms with Crippen molar-refractivity contribution in [3.63, 3.8) is 0 Å². The van der Waals surface area contributed by atoms with Crippen LogP contribution in [0.4, 0.5) is 0 Å². The zero-order valence-electron chi connectivity index (χ0n) is 10.8. The number of aliphatic carboxylic acids is 1. The van der Waals surface area contributed by atoms with Gasteiger partial charge in [-0.1, -0.05) is 31.5 Å². The van der Waals surface area contributed by atoms with E-state index in [1.54, 1.807) is 0 Å². The zero-order chi connectivity index (χ0) is 13.3. The molecule has 0 spiro atoms. The first-order valence-electron chi connectivity index (χ1n) is 6.50. The minimum atomic E-state index is -0.721. The molecular weight excluding hydrogens is 248 g/mol. The minimum Gasteiger partial charge on any atom is -0.481 e. The van der Waals surface area contributed by atoms with E-state index in [0.29, 0.717) is 16.9 Å². The highest BCUT2D eigenvalue weighted by molar-refractivity contribution is 6.30. The van der Waals surface area contributed by atoms with Crippen molar-refractivity contribution in [3.8, 4) is 0 Å². The van der Waals surface area contributed by atoms with Crippen LogP contribution in [0.15, 0.2) is 18.2 Å². The molecule has 0 heterocycles. The van der Waals surface area contributed by atoms with Crippen LogP contribution in [0.3, 0.4) is 0 Å². The molecule has 3 heteroatoms. The Bertz CT molecular complexity index is 450. The molecule has 0 radical (unpaired) electrons. The Morgan fingerprint density at radius 2 is 2.06 bits per heavy atom. The molecule has 18 heavy (non-hydrogen) atoms. The quantitative estimate of drug-likeness (QED) is 0.856. The predicted octanol–water partition coefficient (Wildman–Crippen LogP) is 4.43. The van der Waals surface area contributed by atoms with Crippen LogP contribution < -0.4 is 0 Å². The van der Waals surface area contributed by atoms with Gasteiger partial charge in [-0.2, -0.15) is 0 Å². The van der Waals surface area contributed by atoms with Gasteiger partial charge in [-0.25, -0.2) is 0 Å². The Morgan fingerprint density at radius 1 is 1.39 bits per heavy atom. The van der Waals surface area contributed by atoms with E-state index in [-0.39, 0.29) is 12.3 Å². The van der Waals surface area contributed by atoms with Gasteiger partial charge >= 0.3 is 5.97 Å². The maximum Gasteiger partial charge on any atom is 0.303 e. The number of rotatable bonds is 5. The summed E-state index contributed by atoms with van der Waals surface area (Å²) in [5, 5.41) is 9.79. The molecule has 98 valence electrons. The molecule has 1 aromatic rings. The highest BCUT2D eigenvalue weighted by atomic mass is 35.5. The largest absolute Gasteiger partial charge is 0.481 e. The van der Waals surface area contributed by atoms with Crippen molar-refractivity contribution in [1.29, 1.82) is 0 Å². The van der Waals surface area contributed by atoms with Crippen molar-refractivity contribution in [1.82, 2.24) is 0 Å². The minimum absolute atomic E-state index is 0.124. The average Bonchev–Trinajstić information content (AvgIpc) is 3.08. The molecule has 1 fully saturated rings. The van der Waals surface area contributed by atoms with Gasteiger partial charge in [-0.05, 0) is 53.9 Å². The van der Waals surface area contributed by atoms with Gasteiger partial charge in [0.25, 0.3) is 0 Å². The number of benzene rings is 1. The number of halogens is 1. The van der Waals surface area contributed by atoms with Gasteiger partial charge in [0.2, 0.25) is 0 Å². The Labute approximate surface area is 113 Å². The van der Waals surface area contributed by atoms with Crippen molar-refractivity contribution in [3.05, 3.63) is 34.3 Å². The fraction of sp³-hybridized carbons (Fsp3) is 0.533. The molecule has 2 rings (SSSR count). The Kier molecular flexibility index (Phi) is 3.96. The molecule has 1 aliphatic carbocycles. The van der Waals surface area contributed by atoms with Crippen LogP contribution in [0.2, 0.25) is 5.02 Å². The number of carboxylic acid groups (broad SMARTS) is 1. The standard InChI is InChI=1S/C15H19ClO2/c1-9(2)12-6-5-11(16)7-14(12)13(8-15(17)18)10-3-4-10/h5-7,9-10,13H,3-4,8H2,1-2H3,(H,17,18). The van der Waals surface area contributed by atoms with E-state index in [1.165, 1.54) is 5.56 Å². The normalized spacial score (nSPS) is 16.9. The molecule has 0 bridgehead atoms. The van der Waals surface area contributed by atoms with Gasteiger partial charge in [-0.3, -0.25) is 4.79 Å². The highest BCUT2D eigenvalue weighted by Crippen LogP contribution is 2.46. The Morgan fingerprint density at radius 3 is 2.56 bits per heavy atom. The summed E-state index contributed by atoms with van der Waals surface area (Å²) in [6.07, 6.45) is 2.49. The van der Waals surface area contributed by atoms with Gasteiger partial charge in [0, 0.05) is 5.02 Å². The van der Waals surface area contributed by atoms with E-state index < -0.39 is 5.97 Å². The van der Waals surface area contributed by atoms with Crippen molar-refractivity contribution in [2.45, 2.75) is 44.9 Å². The van der Waals surface area contributed by atoms with Crippen molar-refractivity contribution in [2.24, 2.45) is 5.92 Å². The first-order chi connectivity index (χ1) is 8.49. The molecule has 1 atom stereocenters. The molecule has 2 nitrogen and oxygen atoms in total. The topological polar surface area (TPSA) is 37.3 Å². The van der Waals surface area contributed by atoms with E-state index in [9.17, 15) is 4.79 Å². The Hall–Kier alpha value is -1.02. The molecule has 0 aliphatic heterocycles. The maximum absolute atomic E-state index is 11.0. The molecule has 1 aromatic carbocycles. The molecule has 1 unspecified atom stereocenters. The van der Waals surface area contributed by atoms with E-state index in [4.69, 9.17) is 16.7 Å². The third kappa shape index (κ3) is 3.05. The molecule has 0 saturated heterocycles. The lowest BCUT2D eigenvalue weighted by Crippen LogP contribution is -2.11. The summed E-state index contributed by atoms with van der Waals surface area (Å²) in [6, 6.07) is 5.90. The summed E-state index contributed by atoms with van der Waals surface area (Å²) in [6.45, 7) is 4.27. The average molecular weight is 267 g/mol. The van der Waals surface area contributed by atoms with Crippen LogP contribution in [-0.4, -0.2) is 11.1 Å². The lowest BCUT2D eigenvalue weighted by atomic mass is 9.84. The van der Waals surface area contributed by atoms with E-state index in [0.717, 1.165) is 18.4 Å². The molecule has 1 saturated carbocycles. The molecule has 1 N–H and O–H groups in total. The summed E-state index contributed by atoms with van der Waals surface area (Å²) < 4.78 is 0. The monoisotopic (exact) mass is 266 g/mol. The SMILES string of the molecule is CC(C)c1ccc(Cl)cc1C(CC(=O)O)C1CC1. The van der Waals surface area contributed by atoms with Crippen LogP contribution in [0.5, 0.6) is 0 Å². The first kappa shape index (κ1) is 13.4. The summed E-state index contributed by atoms with van der Waals surface area (Å²) in [5.74, 6) is 0.324. The molecule has 0 aromatic heterocycles. The summed E-state index contributed by atoms with van der Waals surface area (Å²) >= 11 is 6.08. The Balaban J connectivity index is 2.38. The van der Waals surface area contributed by atoms with Crippen molar-refractivity contribution < 1.29 is 9.90 Å². The van der Waals surface area contributed by atoms with E-state index >= 15 is 0 Å². The first-order valence-corrected chi connectivity index (χ1v) is 6.88. The third-order valence-corrected chi connectivity index (χ3v) is 3.89. The summed E-state index contributed by atoms with van der Waals surface area (Å²) in [4.78, 5) is 11.0. The number of carboxylic acids is 1. The predicted molar refractivity (Wildman–Crippen MR) is 73.3 cm³/mol. The zero-order valence-corrected chi connectivity index (χ0v) is 11.6. The summed E-state index contributed by atoms with van der Waals surface area (Å²) in [7, 11) is 0. The van der Waals surface area contributed by atoms with Gasteiger partial charge in [0.05, 0.1) is 6.42 Å². The van der Waals surface area contributed by atoms with Crippen LogP contribution in [0, 0.1) is 5.92 Å². The lowest BCUT2D eigenvalue weighted by Gasteiger charge is -2.21. The second kappa shape index (κ2) is 5.31. The van der Waals surface area contributed by atoms with Crippen molar-refractivity contribution in [2.75, 3.05) is 0 Å².